The van der Waals surface area contributed by atoms with Gasteiger partial charge in [0.05, 0.1) is 11.4 Å². The minimum absolute atomic E-state index is 0.140. The Bertz CT molecular complexity index is 732. The third kappa shape index (κ3) is 4.35. The summed E-state index contributed by atoms with van der Waals surface area (Å²) in [5.74, 6) is 0. The molecule has 1 saturated heterocycles. The van der Waals surface area contributed by atoms with Gasteiger partial charge in [-0.25, -0.2) is 4.79 Å². The van der Waals surface area contributed by atoms with Gasteiger partial charge >= 0.3 is 6.03 Å². The summed E-state index contributed by atoms with van der Waals surface area (Å²) in [6.07, 6.45) is 0.972. The van der Waals surface area contributed by atoms with Crippen LogP contribution in [0.1, 0.15) is 24.9 Å². The van der Waals surface area contributed by atoms with Crippen LogP contribution in [0.4, 0.5) is 16.2 Å². The topological polar surface area (TPSA) is 47.6 Å². The lowest BCUT2D eigenvalue weighted by atomic mass is 10.1. The highest BCUT2D eigenvalue weighted by Crippen LogP contribution is 2.25. The van der Waals surface area contributed by atoms with Crippen molar-refractivity contribution in [1.82, 2.24) is 10.2 Å². The largest absolute Gasteiger partial charge is 0.376 e. The SMILES string of the molecule is C[C@H](c1ccccc1)N1CC[C@@H](NC(=O)Nc2ccccc2N(C)C)C1. The van der Waals surface area contributed by atoms with Crippen molar-refractivity contribution in [2.24, 2.45) is 0 Å². The second-order valence-corrected chi connectivity index (χ2v) is 7.08. The molecule has 26 heavy (non-hydrogen) atoms. The number of amides is 2. The summed E-state index contributed by atoms with van der Waals surface area (Å²) in [4.78, 5) is 16.8. The third-order valence-electron chi connectivity index (χ3n) is 5.02. The molecule has 2 aromatic carbocycles. The second-order valence-electron chi connectivity index (χ2n) is 7.08. The number of anilines is 2. The van der Waals surface area contributed by atoms with Gasteiger partial charge in [-0.1, -0.05) is 42.5 Å². The molecule has 0 radical (unpaired) electrons. The third-order valence-corrected chi connectivity index (χ3v) is 5.02. The van der Waals surface area contributed by atoms with Gasteiger partial charge in [0, 0.05) is 39.3 Å². The monoisotopic (exact) mass is 352 g/mol. The molecule has 0 aromatic heterocycles. The first-order chi connectivity index (χ1) is 12.5. The van der Waals surface area contributed by atoms with E-state index in [1.54, 1.807) is 0 Å². The van der Waals surface area contributed by atoms with E-state index in [0.717, 1.165) is 30.9 Å². The number of hydrogen-bond donors (Lipinski definition) is 2. The van der Waals surface area contributed by atoms with Crippen molar-refractivity contribution < 1.29 is 4.79 Å². The average molecular weight is 352 g/mol. The maximum Gasteiger partial charge on any atom is 0.319 e. The molecule has 3 rings (SSSR count). The van der Waals surface area contributed by atoms with Crippen LogP contribution >= 0.6 is 0 Å². The van der Waals surface area contributed by atoms with Crippen LogP contribution in [-0.4, -0.2) is 44.2 Å². The van der Waals surface area contributed by atoms with Gasteiger partial charge in [-0.2, -0.15) is 0 Å². The maximum atomic E-state index is 12.4. The summed E-state index contributed by atoms with van der Waals surface area (Å²) in [7, 11) is 3.94. The molecule has 2 amide bonds. The minimum atomic E-state index is -0.140. The van der Waals surface area contributed by atoms with E-state index in [9.17, 15) is 4.79 Å². The lowest BCUT2D eigenvalue weighted by Gasteiger charge is -2.25. The molecule has 0 unspecified atom stereocenters. The second kappa shape index (κ2) is 8.23. The summed E-state index contributed by atoms with van der Waals surface area (Å²) in [5.41, 5.74) is 3.13. The molecule has 1 aliphatic heterocycles. The molecule has 0 saturated carbocycles. The van der Waals surface area contributed by atoms with Gasteiger partial charge in [0.1, 0.15) is 0 Å². The Labute approximate surface area is 156 Å². The van der Waals surface area contributed by atoms with E-state index in [1.807, 2.05) is 49.3 Å². The first-order valence-electron chi connectivity index (χ1n) is 9.17. The molecule has 1 heterocycles. The number of nitrogens with one attached hydrogen (secondary N) is 2. The average Bonchev–Trinajstić information content (AvgIpc) is 3.10. The normalized spacial score (nSPS) is 18.3. The smallest absolute Gasteiger partial charge is 0.319 e. The fraction of sp³-hybridized carbons (Fsp3) is 0.381. The van der Waals surface area contributed by atoms with Crippen molar-refractivity contribution in [3.8, 4) is 0 Å². The van der Waals surface area contributed by atoms with E-state index in [0.29, 0.717) is 6.04 Å². The van der Waals surface area contributed by atoms with Crippen LogP contribution in [0.25, 0.3) is 0 Å². The molecule has 0 bridgehead atoms. The highest BCUT2D eigenvalue weighted by atomic mass is 16.2. The molecular formula is C21H28N4O. The molecule has 2 atom stereocenters. The summed E-state index contributed by atoms with van der Waals surface area (Å²) in [6.45, 7) is 4.10. The number of rotatable bonds is 5. The summed E-state index contributed by atoms with van der Waals surface area (Å²) in [5, 5.41) is 6.10. The van der Waals surface area contributed by atoms with Gasteiger partial charge in [0.25, 0.3) is 0 Å². The fourth-order valence-corrected chi connectivity index (χ4v) is 3.51. The number of para-hydroxylation sites is 2. The van der Waals surface area contributed by atoms with Crippen LogP contribution in [0.5, 0.6) is 0 Å². The van der Waals surface area contributed by atoms with Crippen LogP contribution in [0.2, 0.25) is 0 Å². The lowest BCUT2D eigenvalue weighted by molar-refractivity contribution is 0.241. The number of urea groups is 1. The molecule has 1 aliphatic rings. The van der Waals surface area contributed by atoms with Crippen LogP contribution in [0.15, 0.2) is 54.6 Å². The molecular weight excluding hydrogens is 324 g/mol. The van der Waals surface area contributed by atoms with Crippen molar-refractivity contribution in [1.29, 1.82) is 0 Å². The van der Waals surface area contributed by atoms with Crippen molar-refractivity contribution in [3.63, 3.8) is 0 Å². The number of benzene rings is 2. The van der Waals surface area contributed by atoms with E-state index in [-0.39, 0.29) is 12.1 Å². The van der Waals surface area contributed by atoms with E-state index in [4.69, 9.17) is 0 Å². The molecule has 0 spiro atoms. The summed E-state index contributed by atoms with van der Waals surface area (Å²) >= 11 is 0. The van der Waals surface area contributed by atoms with Crippen molar-refractivity contribution in [2.75, 3.05) is 37.4 Å². The number of carbonyl (C=O) groups excluding carboxylic acids is 1. The van der Waals surface area contributed by atoms with Gasteiger partial charge in [0.2, 0.25) is 0 Å². The first kappa shape index (κ1) is 18.3. The van der Waals surface area contributed by atoms with Gasteiger partial charge in [-0.15, -0.1) is 0 Å². The standard InChI is InChI=1S/C21H28N4O/c1-16(17-9-5-4-6-10-17)25-14-13-18(15-25)22-21(26)23-19-11-7-8-12-20(19)24(2)3/h4-12,16,18H,13-15H2,1-3H3,(H2,22,23,26)/t16-,18-/m1/s1. The molecule has 2 aromatic rings. The van der Waals surface area contributed by atoms with Crippen molar-refractivity contribution in [2.45, 2.75) is 25.4 Å². The number of nitrogens with zero attached hydrogens (tertiary/aromatic N) is 2. The number of hydrogen-bond acceptors (Lipinski definition) is 3. The van der Waals surface area contributed by atoms with Crippen LogP contribution in [-0.2, 0) is 0 Å². The zero-order chi connectivity index (χ0) is 18.5. The Morgan fingerprint density at radius 2 is 1.81 bits per heavy atom. The molecule has 5 heteroatoms. The Hall–Kier alpha value is -2.53. The Morgan fingerprint density at radius 1 is 1.12 bits per heavy atom. The van der Waals surface area contributed by atoms with Crippen LogP contribution < -0.4 is 15.5 Å². The molecule has 0 aliphatic carbocycles. The molecule has 5 nitrogen and oxygen atoms in total. The predicted molar refractivity (Wildman–Crippen MR) is 108 cm³/mol. The van der Waals surface area contributed by atoms with E-state index in [1.165, 1.54) is 5.56 Å². The number of likely N-dealkylation sites (tertiary alicyclic amines) is 1. The van der Waals surface area contributed by atoms with Gasteiger partial charge in [0.15, 0.2) is 0 Å². The van der Waals surface area contributed by atoms with Crippen LogP contribution in [0, 0.1) is 0 Å². The maximum absolute atomic E-state index is 12.4. The van der Waals surface area contributed by atoms with Gasteiger partial charge in [-0.3, -0.25) is 4.90 Å². The lowest BCUT2D eigenvalue weighted by Crippen LogP contribution is -2.40. The van der Waals surface area contributed by atoms with E-state index in [2.05, 4.69) is 46.7 Å². The zero-order valence-electron chi connectivity index (χ0n) is 15.8. The highest BCUT2D eigenvalue weighted by molar-refractivity contribution is 5.93. The molecule has 1 fully saturated rings. The zero-order valence-corrected chi connectivity index (χ0v) is 15.8. The van der Waals surface area contributed by atoms with Crippen LogP contribution in [0.3, 0.4) is 0 Å². The Kier molecular flexibility index (Phi) is 5.78. The number of carbonyl (C=O) groups is 1. The first-order valence-corrected chi connectivity index (χ1v) is 9.17. The molecule has 138 valence electrons. The Morgan fingerprint density at radius 3 is 2.54 bits per heavy atom. The molecule has 2 N–H and O–H groups in total. The summed E-state index contributed by atoms with van der Waals surface area (Å²) < 4.78 is 0. The quantitative estimate of drug-likeness (QED) is 0.862. The fourth-order valence-electron chi connectivity index (χ4n) is 3.51. The van der Waals surface area contributed by atoms with Gasteiger partial charge < -0.3 is 15.5 Å². The predicted octanol–water partition coefficient (Wildman–Crippen LogP) is 3.71. The summed E-state index contributed by atoms with van der Waals surface area (Å²) in [6, 6.07) is 18.7. The van der Waals surface area contributed by atoms with Gasteiger partial charge in [-0.05, 0) is 31.0 Å². The van der Waals surface area contributed by atoms with E-state index >= 15 is 0 Å². The van der Waals surface area contributed by atoms with Crippen molar-refractivity contribution >= 4 is 17.4 Å². The Balaban J connectivity index is 1.55. The minimum Gasteiger partial charge on any atom is -0.376 e. The van der Waals surface area contributed by atoms with Crippen molar-refractivity contribution in [3.05, 3.63) is 60.2 Å². The van der Waals surface area contributed by atoms with E-state index < -0.39 is 0 Å². The highest BCUT2D eigenvalue weighted by Gasteiger charge is 2.27.